The van der Waals surface area contributed by atoms with Gasteiger partial charge in [-0.3, -0.25) is 0 Å². The van der Waals surface area contributed by atoms with Crippen LogP contribution in [0.3, 0.4) is 0 Å². The highest BCUT2D eigenvalue weighted by molar-refractivity contribution is 5.71. The maximum atomic E-state index is 11.4. The molecular formula is C19H26N2O3. The Morgan fingerprint density at radius 2 is 1.96 bits per heavy atom. The van der Waals surface area contributed by atoms with E-state index in [9.17, 15) is 4.79 Å². The van der Waals surface area contributed by atoms with E-state index in [2.05, 4.69) is 41.0 Å². The average molecular weight is 330 g/mol. The summed E-state index contributed by atoms with van der Waals surface area (Å²) in [7, 11) is 0. The van der Waals surface area contributed by atoms with Gasteiger partial charge in [0.05, 0.1) is 24.3 Å². The van der Waals surface area contributed by atoms with Crippen molar-refractivity contribution in [1.82, 2.24) is 10.6 Å². The number of hydrogen-bond donors (Lipinski definition) is 2. The molecule has 5 nitrogen and oxygen atoms in total. The summed E-state index contributed by atoms with van der Waals surface area (Å²) in [4.78, 5) is 11.4. The van der Waals surface area contributed by atoms with Crippen molar-refractivity contribution in [1.29, 1.82) is 0 Å². The van der Waals surface area contributed by atoms with Crippen molar-refractivity contribution in [2.75, 3.05) is 19.8 Å². The first-order valence-electron chi connectivity index (χ1n) is 9.10. The summed E-state index contributed by atoms with van der Waals surface area (Å²) in [6, 6.07) is 11.0. The third-order valence-electron chi connectivity index (χ3n) is 5.88. The summed E-state index contributed by atoms with van der Waals surface area (Å²) in [5, 5.41) is 6.46. The summed E-state index contributed by atoms with van der Waals surface area (Å²) < 4.78 is 11.3. The monoisotopic (exact) mass is 330 g/mol. The van der Waals surface area contributed by atoms with Gasteiger partial charge in [-0.15, -0.1) is 0 Å². The average Bonchev–Trinajstić information content (AvgIpc) is 3.20. The number of cyclic esters (lactones) is 1. The van der Waals surface area contributed by atoms with Crippen molar-refractivity contribution in [3.8, 4) is 0 Å². The Hall–Kier alpha value is -1.59. The number of carbonyl (C=O) groups excluding carboxylic acids is 1. The first-order chi connectivity index (χ1) is 11.8. The summed E-state index contributed by atoms with van der Waals surface area (Å²) in [6.45, 7) is 2.00. The van der Waals surface area contributed by atoms with Gasteiger partial charge in [-0.25, -0.2) is 4.79 Å². The van der Waals surface area contributed by atoms with Crippen molar-refractivity contribution in [2.24, 2.45) is 0 Å². The van der Waals surface area contributed by atoms with Crippen LogP contribution in [0, 0.1) is 0 Å². The fraction of sp³-hybridized carbons (Fsp3) is 0.632. The molecule has 0 radical (unpaired) electrons. The zero-order valence-corrected chi connectivity index (χ0v) is 14.0. The normalized spacial score (nSPS) is 35.8. The van der Waals surface area contributed by atoms with Crippen LogP contribution < -0.4 is 10.6 Å². The topological polar surface area (TPSA) is 59.6 Å². The lowest BCUT2D eigenvalue weighted by atomic mass is 9.83. The Bertz CT molecular complexity index is 571. The molecule has 2 unspecified atom stereocenters. The van der Waals surface area contributed by atoms with E-state index in [1.165, 1.54) is 18.4 Å². The standard InChI is InChI=1S/C19H26N2O3/c22-18-21-19(13-24-18)10-11-20-17(19)12-23-16-8-6-15(7-9-16)14-4-2-1-3-5-14/h1-5,15-17,20H,6-13H2,(H,21,22)/t15-,16+,17?,19?. The summed E-state index contributed by atoms with van der Waals surface area (Å²) in [5.74, 6) is 0.671. The zero-order chi connectivity index (χ0) is 16.4. The fourth-order valence-electron chi connectivity index (χ4n) is 4.37. The number of ether oxygens (including phenoxy) is 2. The van der Waals surface area contributed by atoms with Crippen molar-refractivity contribution in [2.45, 2.75) is 55.7 Å². The van der Waals surface area contributed by atoms with Gasteiger partial charge in [0.15, 0.2) is 0 Å². The first kappa shape index (κ1) is 15.9. The maximum Gasteiger partial charge on any atom is 0.407 e. The Kier molecular flexibility index (Phi) is 4.46. The van der Waals surface area contributed by atoms with E-state index >= 15 is 0 Å². The van der Waals surface area contributed by atoms with E-state index in [-0.39, 0.29) is 17.7 Å². The Balaban J connectivity index is 1.27. The van der Waals surface area contributed by atoms with Crippen LogP contribution in [0.1, 0.15) is 43.6 Å². The molecule has 2 heterocycles. The van der Waals surface area contributed by atoms with Crippen LogP contribution in [0.25, 0.3) is 0 Å². The summed E-state index contributed by atoms with van der Waals surface area (Å²) in [6.07, 6.45) is 5.56. The minimum Gasteiger partial charge on any atom is -0.447 e. The van der Waals surface area contributed by atoms with Gasteiger partial charge < -0.3 is 20.1 Å². The molecule has 0 bridgehead atoms. The summed E-state index contributed by atoms with van der Waals surface area (Å²) >= 11 is 0. The van der Waals surface area contributed by atoms with Crippen LogP contribution >= 0.6 is 0 Å². The molecule has 0 aromatic heterocycles. The fourth-order valence-corrected chi connectivity index (χ4v) is 4.37. The van der Waals surface area contributed by atoms with Crippen LogP contribution in [-0.4, -0.2) is 43.5 Å². The third kappa shape index (κ3) is 3.15. The van der Waals surface area contributed by atoms with Crippen LogP contribution in [0.15, 0.2) is 30.3 Å². The number of rotatable bonds is 4. The van der Waals surface area contributed by atoms with Gasteiger partial charge >= 0.3 is 6.09 Å². The quantitative estimate of drug-likeness (QED) is 0.891. The van der Waals surface area contributed by atoms with Crippen LogP contribution in [0.4, 0.5) is 4.79 Å². The number of nitrogens with one attached hydrogen (secondary N) is 2. The molecule has 4 rings (SSSR count). The molecule has 1 aromatic carbocycles. The molecular weight excluding hydrogens is 304 g/mol. The number of carbonyl (C=O) groups is 1. The van der Waals surface area contributed by atoms with Crippen LogP contribution in [0.5, 0.6) is 0 Å². The number of benzene rings is 1. The van der Waals surface area contributed by atoms with Crippen molar-refractivity contribution < 1.29 is 14.3 Å². The minimum atomic E-state index is -0.299. The maximum absolute atomic E-state index is 11.4. The van der Waals surface area contributed by atoms with E-state index in [4.69, 9.17) is 9.47 Å². The zero-order valence-electron chi connectivity index (χ0n) is 14.0. The molecule has 1 saturated carbocycles. The van der Waals surface area contributed by atoms with Gasteiger partial charge in [0.1, 0.15) is 6.61 Å². The van der Waals surface area contributed by atoms with Gasteiger partial charge in [-0.05, 0) is 50.1 Å². The van der Waals surface area contributed by atoms with Gasteiger partial charge in [-0.1, -0.05) is 30.3 Å². The Morgan fingerprint density at radius 1 is 1.17 bits per heavy atom. The predicted octanol–water partition coefficient (Wildman–Crippen LogP) is 2.57. The molecule has 1 aromatic rings. The van der Waals surface area contributed by atoms with E-state index in [1.54, 1.807) is 0 Å². The minimum absolute atomic E-state index is 0.149. The molecule has 130 valence electrons. The summed E-state index contributed by atoms with van der Waals surface area (Å²) in [5.41, 5.74) is 1.19. The van der Waals surface area contributed by atoms with Gasteiger partial charge in [0, 0.05) is 0 Å². The van der Waals surface area contributed by atoms with Crippen molar-refractivity contribution in [3.63, 3.8) is 0 Å². The Labute approximate surface area is 143 Å². The second kappa shape index (κ2) is 6.73. The lowest BCUT2D eigenvalue weighted by molar-refractivity contribution is 0.00425. The van der Waals surface area contributed by atoms with Gasteiger partial charge in [0.25, 0.3) is 0 Å². The van der Waals surface area contributed by atoms with Crippen LogP contribution in [-0.2, 0) is 9.47 Å². The van der Waals surface area contributed by atoms with E-state index in [1.807, 2.05) is 0 Å². The molecule has 2 atom stereocenters. The molecule has 2 N–H and O–H groups in total. The molecule has 3 fully saturated rings. The predicted molar refractivity (Wildman–Crippen MR) is 91.0 cm³/mol. The van der Waals surface area contributed by atoms with E-state index in [0.717, 1.165) is 25.8 Å². The third-order valence-corrected chi connectivity index (χ3v) is 5.88. The second-order valence-electron chi connectivity index (χ2n) is 7.33. The first-order valence-corrected chi connectivity index (χ1v) is 9.10. The highest BCUT2D eigenvalue weighted by Crippen LogP contribution is 2.34. The van der Waals surface area contributed by atoms with E-state index < -0.39 is 0 Å². The number of hydrogen-bond acceptors (Lipinski definition) is 4. The molecule has 3 aliphatic rings. The Morgan fingerprint density at radius 3 is 2.67 bits per heavy atom. The van der Waals surface area contributed by atoms with Crippen molar-refractivity contribution >= 4 is 6.09 Å². The van der Waals surface area contributed by atoms with E-state index in [0.29, 0.717) is 25.2 Å². The lowest BCUT2D eigenvalue weighted by Gasteiger charge is -2.32. The second-order valence-corrected chi connectivity index (χ2v) is 7.33. The molecule has 5 heteroatoms. The highest BCUT2D eigenvalue weighted by Gasteiger charge is 2.49. The molecule has 2 saturated heterocycles. The molecule has 1 spiro atoms. The van der Waals surface area contributed by atoms with Crippen molar-refractivity contribution in [3.05, 3.63) is 35.9 Å². The van der Waals surface area contributed by atoms with Gasteiger partial charge in [0.2, 0.25) is 0 Å². The lowest BCUT2D eigenvalue weighted by Crippen LogP contribution is -2.55. The largest absolute Gasteiger partial charge is 0.447 e. The number of amides is 1. The highest BCUT2D eigenvalue weighted by atomic mass is 16.6. The molecule has 24 heavy (non-hydrogen) atoms. The molecule has 1 amide bonds. The SMILES string of the molecule is O=C1NC2(CCNC2CO[C@H]2CC[C@@H](c3ccccc3)CC2)CO1. The molecule has 1 aliphatic carbocycles. The smallest absolute Gasteiger partial charge is 0.407 e. The van der Waals surface area contributed by atoms with Crippen LogP contribution in [0.2, 0.25) is 0 Å². The molecule has 2 aliphatic heterocycles. The van der Waals surface area contributed by atoms with Gasteiger partial charge in [-0.2, -0.15) is 0 Å². The number of alkyl carbamates (subject to hydrolysis) is 1.